The molecule has 2 N–H and O–H groups in total. The van der Waals surface area contributed by atoms with Crippen LogP contribution >= 0.6 is 11.6 Å². The number of aryl methyl sites for hydroxylation is 2. The lowest BCUT2D eigenvalue weighted by Gasteiger charge is -2.28. The molecule has 40 heavy (non-hydrogen) atoms. The Kier molecular flexibility index (Phi) is 8.05. The largest absolute Gasteiger partial charge is 0.338 e. The van der Waals surface area contributed by atoms with E-state index >= 15 is 0 Å². The van der Waals surface area contributed by atoms with Crippen molar-refractivity contribution in [3.05, 3.63) is 106 Å². The lowest BCUT2D eigenvalue weighted by atomic mass is 9.92. The van der Waals surface area contributed by atoms with Crippen molar-refractivity contribution in [2.75, 3.05) is 18.9 Å². The lowest BCUT2D eigenvalue weighted by molar-refractivity contribution is -0.118. The first-order valence-electron chi connectivity index (χ1n) is 13.5. The number of hydrogen-bond donors (Lipinski definition) is 2. The molecule has 2 atom stereocenters. The van der Waals surface area contributed by atoms with E-state index in [-0.39, 0.29) is 17.7 Å². The first-order chi connectivity index (χ1) is 19.2. The third-order valence-electron chi connectivity index (χ3n) is 7.70. The number of rotatable bonds is 7. The molecule has 0 bridgehead atoms. The average Bonchev–Trinajstić information content (AvgIpc) is 3.35. The summed E-state index contributed by atoms with van der Waals surface area (Å²) in [5, 5.41) is 6.59. The number of pyridine rings is 1. The van der Waals surface area contributed by atoms with Crippen molar-refractivity contribution in [2.45, 2.75) is 45.8 Å². The highest BCUT2D eigenvalue weighted by molar-refractivity contribution is 6.31. The monoisotopic (exact) mass is 555 g/mol. The molecule has 7 nitrogen and oxygen atoms in total. The fourth-order valence-corrected chi connectivity index (χ4v) is 5.77. The number of benzene rings is 2. The summed E-state index contributed by atoms with van der Waals surface area (Å²) in [5.41, 5.74) is 7.27. The normalized spacial score (nSPS) is 14.7. The molecule has 206 valence electrons. The summed E-state index contributed by atoms with van der Waals surface area (Å²) < 4.78 is 2.03. The number of nitrogens with one attached hydrogen (secondary N) is 2. The maximum atomic E-state index is 13.7. The summed E-state index contributed by atoms with van der Waals surface area (Å²) in [6, 6.07) is 20.1. The van der Waals surface area contributed by atoms with E-state index < -0.39 is 6.04 Å². The minimum absolute atomic E-state index is 0.285. The average molecular weight is 556 g/mol. The van der Waals surface area contributed by atoms with E-state index in [1.807, 2.05) is 79.1 Å². The summed E-state index contributed by atoms with van der Waals surface area (Å²) >= 11 is 6.52. The molecule has 0 aliphatic carbocycles. The predicted molar refractivity (Wildman–Crippen MR) is 160 cm³/mol. The predicted octanol–water partition coefficient (Wildman–Crippen LogP) is 5.81. The number of anilines is 1. The number of carbonyl (C=O) groups is 2. The Morgan fingerprint density at radius 2 is 1.73 bits per heavy atom. The van der Waals surface area contributed by atoms with E-state index in [1.165, 1.54) is 0 Å². The van der Waals surface area contributed by atoms with Crippen molar-refractivity contribution in [1.29, 1.82) is 0 Å². The zero-order chi connectivity index (χ0) is 28.4. The number of likely N-dealkylation sites (N-methyl/N-ethyl adjacent to an activating group) is 1. The number of amides is 2. The van der Waals surface area contributed by atoms with E-state index in [0.29, 0.717) is 16.4 Å². The molecule has 3 heterocycles. The van der Waals surface area contributed by atoms with Gasteiger partial charge in [0, 0.05) is 59.4 Å². The van der Waals surface area contributed by atoms with Crippen LogP contribution in [0.25, 0.3) is 11.1 Å². The lowest BCUT2D eigenvalue weighted by Crippen LogP contribution is -2.47. The molecule has 0 fully saturated rings. The molecule has 0 saturated carbocycles. The van der Waals surface area contributed by atoms with Crippen LogP contribution in [0.4, 0.5) is 5.69 Å². The van der Waals surface area contributed by atoms with Crippen molar-refractivity contribution < 1.29 is 9.59 Å². The molecular formula is C32H34ClN5O2. The zero-order valence-electron chi connectivity index (χ0n) is 23.2. The fourth-order valence-electron chi connectivity index (χ4n) is 5.46. The second-order valence-corrected chi connectivity index (χ2v) is 10.9. The van der Waals surface area contributed by atoms with Crippen LogP contribution in [-0.4, -0.2) is 45.9 Å². The van der Waals surface area contributed by atoms with Gasteiger partial charge < -0.3 is 15.2 Å². The molecule has 1 unspecified atom stereocenters. The van der Waals surface area contributed by atoms with Crippen LogP contribution in [0.5, 0.6) is 0 Å². The van der Waals surface area contributed by atoms with Crippen LogP contribution < -0.4 is 10.6 Å². The fraction of sp³-hybridized carbons (Fsp3) is 0.281. The Bertz CT molecular complexity index is 1530. The number of fused-ring (bicyclic) bond motifs is 1. The Morgan fingerprint density at radius 1 is 0.975 bits per heavy atom. The Morgan fingerprint density at radius 3 is 2.45 bits per heavy atom. The van der Waals surface area contributed by atoms with Crippen molar-refractivity contribution in [3.63, 3.8) is 0 Å². The topological polar surface area (TPSA) is 79.3 Å². The molecule has 1 aliphatic rings. The van der Waals surface area contributed by atoms with E-state index in [2.05, 4.69) is 34.5 Å². The highest BCUT2D eigenvalue weighted by atomic mass is 35.5. The van der Waals surface area contributed by atoms with Gasteiger partial charge in [0.15, 0.2) is 0 Å². The minimum Gasteiger partial charge on any atom is -0.338 e. The summed E-state index contributed by atoms with van der Waals surface area (Å²) in [7, 11) is 2.06. The van der Waals surface area contributed by atoms with Gasteiger partial charge in [-0.3, -0.25) is 19.5 Å². The van der Waals surface area contributed by atoms with E-state index in [1.54, 1.807) is 12.3 Å². The summed E-state index contributed by atoms with van der Waals surface area (Å²) in [5.74, 6) is -0.973. The highest BCUT2D eigenvalue weighted by Crippen LogP contribution is 2.29. The van der Waals surface area contributed by atoms with Crippen molar-refractivity contribution in [2.24, 2.45) is 0 Å². The number of aromatic nitrogens is 2. The molecule has 8 heteroatoms. The third kappa shape index (κ3) is 5.67. The van der Waals surface area contributed by atoms with E-state index in [9.17, 15) is 9.59 Å². The van der Waals surface area contributed by atoms with Crippen molar-refractivity contribution >= 4 is 29.1 Å². The molecule has 0 spiro atoms. The van der Waals surface area contributed by atoms with Gasteiger partial charge in [0.05, 0.1) is 0 Å². The number of hydrogen-bond acceptors (Lipinski definition) is 4. The van der Waals surface area contributed by atoms with Crippen LogP contribution in [0, 0.1) is 13.8 Å². The number of carbonyl (C=O) groups excluding carboxylic acids is 2. The molecule has 5 rings (SSSR count). The molecule has 2 aromatic carbocycles. The van der Waals surface area contributed by atoms with Crippen molar-refractivity contribution in [1.82, 2.24) is 19.8 Å². The molecule has 0 radical (unpaired) electrons. The van der Waals surface area contributed by atoms with Gasteiger partial charge >= 0.3 is 0 Å². The van der Waals surface area contributed by atoms with Gasteiger partial charge in [-0.1, -0.05) is 48.9 Å². The Hall–Kier alpha value is -3.94. The maximum absolute atomic E-state index is 13.7. The van der Waals surface area contributed by atoms with Gasteiger partial charge in [-0.05, 0) is 74.0 Å². The minimum atomic E-state index is -0.854. The molecule has 4 aromatic rings. The van der Waals surface area contributed by atoms with Crippen LogP contribution in [0.1, 0.15) is 45.8 Å². The molecule has 2 aromatic heterocycles. The second-order valence-electron chi connectivity index (χ2n) is 10.5. The molecule has 1 aliphatic heterocycles. The third-order valence-corrected chi connectivity index (χ3v) is 8.04. The Labute approximate surface area is 240 Å². The first kappa shape index (κ1) is 27.6. The zero-order valence-corrected chi connectivity index (χ0v) is 24.0. The van der Waals surface area contributed by atoms with Gasteiger partial charge in [0.25, 0.3) is 5.91 Å². The van der Waals surface area contributed by atoms with Gasteiger partial charge in [-0.25, -0.2) is 0 Å². The van der Waals surface area contributed by atoms with Crippen LogP contribution in [0.2, 0.25) is 5.02 Å². The molecule has 2 amide bonds. The summed E-state index contributed by atoms with van der Waals surface area (Å²) in [6.07, 6.45) is 1.81. The smallest absolute Gasteiger partial charge is 0.268 e. The maximum Gasteiger partial charge on any atom is 0.268 e. The van der Waals surface area contributed by atoms with Crippen LogP contribution in [0.3, 0.4) is 0 Å². The van der Waals surface area contributed by atoms with Crippen LogP contribution in [-0.2, 0) is 17.9 Å². The summed E-state index contributed by atoms with van der Waals surface area (Å²) in [6.45, 7) is 8.31. The van der Waals surface area contributed by atoms with E-state index in [4.69, 9.17) is 11.6 Å². The quantitative estimate of drug-likeness (QED) is 0.302. The SMILES string of the molecule is Cc1ccnc(C)c1-c1ccc(NC(=O)[C@@H](NC(=O)c2ccc3n2CCN(C)C3)C(C)c2ccccc2Cl)cc1. The number of nitrogens with zero attached hydrogens (tertiary/aromatic N) is 3. The first-order valence-corrected chi connectivity index (χ1v) is 13.9. The van der Waals surface area contributed by atoms with Crippen molar-refractivity contribution in [3.8, 4) is 11.1 Å². The van der Waals surface area contributed by atoms with Gasteiger partial charge in [-0.2, -0.15) is 0 Å². The highest BCUT2D eigenvalue weighted by Gasteiger charge is 2.31. The van der Waals surface area contributed by atoms with Crippen LogP contribution in [0.15, 0.2) is 72.9 Å². The molecular weight excluding hydrogens is 522 g/mol. The number of halogens is 1. The Balaban J connectivity index is 1.40. The second kappa shape index (κ2) is 11.7. The van der Waals surface area contributed by atoms with E-state index in [0.717, 1.165) is 53.3 Å². The molecule has 0 saturated heterocycles. The van der Waals surface area contributed by atoms with Gasteiger partial charge in [0.1, 0.15) is 11.7 Å². The van der Waals surface area contributed by atoms with Gasteiger partial charge in [0.2, 0.25) is 5.91 Å². The standard InChI is InChI=1S/C32H34ClN5O2/c1-20-15-16-34-22(3)29(20)23-9-11-24(12-10-23)35-32(40)30(21(2)26-7-5-6-8-27(26)33)36-31(39)28-14-13-25-19-37(4)17-18-38(25)28/h5-16,21,30H,17-19H2,1-4H3,(H,35,40)(H,36,39)/t21?,30-/m0/s1. The summed E-state index contributed by atoms with van der Waals surface area (Å²) in [4.78, 5) is 33.9. The van der Waals surface area contributed by atoms with Gasteiger partial charge in [-0.15, -0.1) is 0 Å².